The second-order valence-electron chi connectivity index (χ2n) is 3.96. The lowest BCUT2D eigenvalue weighted by Crippen LogP contribution is -2.17. The number of carbonyl (C=O) groups excluding carboxylic acids is 2. The normalized spacial score (nSPS) is 26.1. The van der Waals surface area contributed by atoms with Crippen LogP contribution in [0.2, 0.25) is 0 Å². The van der Waals surface area contributed by atoms with Crippen LogP contribution in [0.15, 0.2) is 12.2 Å². The molecule has 1 fully saturated rings. The van der Waals surface area contributed by atoms with Gasteiger partial charge in [-0.05, 0) is 25.7 Å². The summed E-state index contributed by atoms with van der Waals surface area (Å²) in [6, 6.07) is 0. The molecule has 0 heterocycles. The van der Waals surface area contributed by atoms with E-state index in [1.165, 1.54) is 7.11 Å². The van der Waals surface area contributed by atoms with E-state index in [2.05, 4.69) is 4.74 Å². The molecule has 2 atom stereocenters. The van der Waals surface area contributed by atoms with Crippen LogP contribution in [0.3, 0.4) is 0 Å². The van der Waals surface area contributed by atoms with Gasteiger partial charge in [0.05, 0.1) is 7.11 Å². The van der Waals surface area contributed by atoms with Crippen LogP contribution in [0.25, 0.3) is 0 Å². The fraction of sp³-hybridized carbons (Fsp3) is 0.667. The molecule has 0 aromatic carbocycles. The Bertz CT molecular complexity index is 268. The van der Waals surface area contributed by atoms with Crippen LogP contribution in [0.1, 0.15) is 32.6 Å². The van der Waals surface area contributed by atoms with Crippen LogP contribution in [-0.4, -0.2) is 18.9 Å². The number of Topliss-reactive ketones (excluding diaryl/α,β-unsaturated/α-hetero) is 1. The Hall–Kier alpha value is -1.12. The molecule has 84 valence electrons. The van der Waals surface area contributed by atoms with E-state index in [-0.39, 0.29) is 17.8 Å². The number of ketones is 1. The molecule has 1 saturated carbocycles. The Morgan fingerprint density at radius 3 is 2.93 bits per heavy atom. The van der Waals surface area contributed by atoms with Crippen LogP contribution in [0, 0.1) is 11.8 Å². The van der Waals surface area contributed by atoms with E-state index in [0.717, 1.165) is 12.8 Å². The van der Waals surface area contributed by atoms with Crippen molar-refractivity contribution < 1.29 is 14.3 Å². The quantitative estimate of drug-likeness (QED) is 0.527. The molecule has 1 aliphatic carbocycles. The number of hydrogen-bond donors (Lipinski definition) is 0. The molecular formula is C12H18O3. The van der Waals surface area contributed by atoms with Crippen molar-refractivity contribution in [2.75, 3.05) is 7.11 Å². The summed E-state index contributed by atoms with van der Waals surface area (Å²) in [5.41, 5.74) is 0. The van der Waals surface area contributed by atoms with Crippen LogP contribution in [-0.2, 0) is 14.3 Å². The Morgan fingerprint density at radius 1 is 1.60 bits per heavy atom. The minimum atomic E-state index is -0.208. The molecule has 0 unspecified atom stereocenters. The monoisotopic (exact) mass is 210 g/mol. The second kappa shape index (κ2) is 5.69. The number of allylic oxidation sites excluding steroid dienone is 2. The zero-order valence-electron chi connectivity index (χ0n) is 9.36. The third kappa shape index (κ3) is 3.18. The Labute approximate surface area is 90.5 Å². The van der Waals surface area contributed by atoms with Crippen LogP contribution in [0.5, 0.6) is 0 Å². The number of ether oxygens (including phenoxy) is 1. The lowest BCUT2D eigenvalue weighted by Gasteiger charge is -2.15. The summed E-state index contributed by atoms with van der Waals surface area (Å²) >= 11 is 0. The zero-order valence-corrected chi connectivity index (χ0v) is 9.36. The first-order chi connectivity index (χ1) is 7.19. The van der Waals surface area contributed by atoms with Gasteiger partial charge in [0.25, 0.3) is 0 Å². The third-order valence-corrected chi connectivity index (χ3v) is 3.03. The van der Waals surface area contributed by atoms with Gasteiger partial charge in [-0.15, -0.1) is 0 Å². The SMILES string of the molecule is C/C=C\C[C@H]1C(=O)CC[C@@H]1CC(=O)OC. The number of carbonyl (C=O) groups is 2. The number of rotatable bonds is 4. The minimum Gasteiger partial charge on any atom is -0.469 e. The maximum Gasteiger partial charge on any atom is 0.305 e. The van der Waals surface area contributed by atoms with E-state index in [0.29, 0.717) is 18.6 Å². The third-order valence-electron chi connectivity index (χ3n) is 3.03. The molecular weight excluding hydrogens is 192 g/mol. The minimum absolute atomic E-state index is 0.0281. The molecule has 0 spiro atoms. The molecule has 0 bridgehead atoms. The molecule has 1 rings (SSSR count). The van der Waals surface area contributed by atoms with Crippen LogP contribution >= 0.6 is 0 Å². The first kappa shape index (κ1) is 12.0. The van der Waals surface area contributed by atoms with Gasteiger partial charge in [-0.25, -0.2) is 0 Å². The highest BCUT2D eigenvalue weighted by molar-refractivity contribution is 5.84. The van der Waals surface area contributed by atoms with Crippen LogP contribution in [0.4, 0.5) is 0 Å². The van der Waals surface area contributed by atoms with Crippen molar-refractivity contribution in [1.29, 1.82) is 0 Å². The van der Waals surface area contributed by atoms with Gasteiger partial charge in [-0.2, -0.15) is 0 Å². The van der Waals surface area contributed by atoms with Crippen molar-refractivity contribution in [1.82, 2.24) is 0 Å². The van der Waals surface area contributed by atoms with Crippen LogP contribution < -0.4 is 0 Å². The first-order valence-corrected chi connectivity index (χ1v) is 5.39. The summed E-state index contributed by atoms with van der Waals surface area (Å²) < 4.78 is 4.63. The van der Waals surface area contributed by atoms with Gasteiger partial charge < -0.3 is 4.74 Å². The largest absolute Gasteiger partial charge is 0.469 e. The fourth-order valence-corrected chi connectivity index (χ4v) is 2.13. The van der Waals surface area contributed by atoms with Gasteiger partial charge in [0.2, 0.25) is 0 Å². The molecule has 0 aromatic heterocycles. The Morgan fingerprint density at radius 2 is 2.33 bits per heavy atom. The zero-order chi connectivity index (χ0) is 11.3. The van der Waals surface area contributed by atoms with Gasteiger partial charge >= 0.3 is 5.97 Å². The summed E-state index contributed by atoms with van der Waals surface area (Å²) in [4.78, 5) is 22.7. The second-order valence-corrected chi connectivity index (χ2v) is 3.96. The van der Waals surface area contributed by atoms with E-state index < -0.39 is 0 Å². The maximum atomic E-state index is 11.6. The lowest BCUT2D eigenvalue weighted by molar-refractivity contribution is -0.142. The van der Waals surface area contributed by atoms with Crippen molar-refractivity contribution in [3.63, 3.8) is 0 Å². The Balaban J connectivity index is 2.55. The summed E-state index contributed by atoms with van der Waals surface area (Å²) in [5, 5.41) is 0. The highest BCUT2D eigenvalue weighted by Crippen LogP contribution is 2.34. The van der Waals surface area contributed by atoms with Crippen molar-refractivity contribution in [3.8, 4) is 0 Å². The highest BCUT2D eigenvalue weighted by Gasteiger charge is 2.34. The van der Waals surface area contributed by atoms with Gasteiger partial charge in [-0.1, -0.05) is 12.2 Å². The number of methoxy groups -OCH3 is 1. The molecule has 15 heavy (non-hydrogen) atoms. The highest BCUT2D eigenvalue weighted by atomic mass is 16.5. The van der Waals surface area contributed by atoms with Crippen molar-refractivity contribution >= 4 is 11.8 Å². The maximum absolute atomic E-state index is 11.6. The number of hydrogen-bond acceptors (Lipinski definition) is 3. The average Bonchev–Trinajstić information content (AvgIpc) is 2.57. The molecule has 3 heteroatoms. The molecule has 0 N–H and O–H groups in total. The lowest BCUT2D eigenvalue weighted by atomic mass is 9.89. The van der Waals surface area contributed by atoms with E-state index in [9.17, 15) is 9.59 Å². The predicted octanol–water partition coefficient (Wildman–Crippen LogP) is 2.11. The average molecular weight is 210 g/mol. The topological polar surface area (TPSA) is 43.4 Å². The molecule has 0 amide bonds. The van der Waals surface area contributed by atoms with Crippen molar-refractivity contribution in [2.45, 2.75) is 32.6 Å². The van der Waals surface area contributed by atoms with E-state index in [1.807, 2.05) is 19.1 Å². The van der Waals surface area contributed by atoms with Gasteiger partial charge in [-0.3, -0.25) is 9.59 Å². The summed E-state index contributed by atoms with van der Waals surface area (Å²) in [7, 11) is 1.39. The Kier molecular flexibility index (Phi) is 4.53. The fourth-order valence-electron chi connectivity index (χ4n) is 2.13. The standard InChI is InChI=1S/C12H18O3/c1-3-4-5-10-9(6-7-11(10)13)8-12(14)15-2/h3-4,9-10H,5-8H2,1-2H3/b4-3-/t9-,10-/m1/s1. The summed E-state index contributed by atoms with van der Waals surface area (Å²) in [6.07, 6.45) is 6.53. The molecule has 0 aliphatic heterocycles. The summed E-state index contributed by atoms with van der Waals surface area (Å²) in [5.74, 6) is 0.295. The molecule has 0 radical (unpaired) electrons. The molecule has 1 aliphatic rings. The molecule has 0 saturated heterocycles. The molecule has 3 nitrogen and oxygen atoms in total. The van der Waals surface area contributed by atoms with Crippen molar-refractivity contribution in [2.24, 2.45) is 11.8 Å². The van der Waals surface area contributed by atoms with E-state index >= 15 is 0 Å². The van der Waals surface area contributed by atoms with Gasteiger partial charge in [0.15, 0.2) is 0 Å². The smallest absolute Gasteiger partial charge is 0.305 e. The summed E-state index contributed by atoms with van der Waals surface area (Å²) in [6.45, 7) is 1.94. The number of esters is 1. The van der Waals surface area contributed by atoms with Gasteiger partial charge in [0, 0.05) is 18.8 Å². The van der Waals surface area contributed by atoms with E-state index in [1.54, 1.807) is 0 Å². The van der Waals surface area contributed by atoms with Gasteiger partial charge in [0.1, 0.15) is 5.78 Å². The first-order valence-electron chi connectivity index (χ1n) is 5.39. The van der Waals surface area contributed by atoms with E-state index in [4.69, 9.17) is 0 Å². The molecule has 0 aromatic rings. The van der Waals surface area contributed by atoms with Crippen molar-refractivity contribution in [3.05, 3.63) is 12.2 Å². The predicted molar refractivity (Wildman–Crippen MR) is 57.3 cm³/mol.